The highest BCUT2D eigenvalue weighted by atomic mass is 16.7. The molecule has 0 fully saturated rings. The summed E-state index contributed by atoms with van der Waals surface area (Å²) in [4.78, 5) is 12.4. The van der Waals surface area contributed by atoms with Crippen LogP contribution in [0.15, 0.2) is 36.4 Å². The van der Waals surface area contributed by atoms with Gasteiger partial charge < -0.3 is 14.2 Å². The van der Waals surface area contributed by atoms with Crippen LogP contribution in [0.5, 0.6) is 17.2 Å². The second-order valence-corrected chi connectivity index (χ2v) is 5.65. The van der Waals surface area contributed by atoms with E-state index in [0.717, 1.165) is 11.1 Å². The quantitative estimate of drug-likeness (QED) is 0.633. The molecule has 1 aliphatic heterocycles. The maximum atomic E-state index is 12.4. The van der Waals surface area contributed by atoms with Crippen molar-refractivity contribution in [2.24, 2.45) is 0 Å². The van der Waals surface area contributed by atoms with E-state index in [0.29, 0.717) is 22.8 Å². The van der Waals surface area contributed by atoms with Gasteiger partial charge in [-0.2, -0.15) is 0 Å². The molecule has 0 atom stereocenters. The van der Waals surface area contributed by atoms with Crippen molar-refractivity contribution < 1.29 is 19.0 Å². The van der Waals surface area contributed by atoms with Crippen molar-refractivity contribution in [2.45, 2.75) is 26.7 Å². The van der Waals surface area contributed by atoms with E-state index in [2.05, 4.69) is 13.8 Å². The monoisotopic (exact) mass is 298 g/mol. The minimum atomic E-state index is -0.397. The molecule has 0 aromatic heterocycles. The zero-order valence-electron chi connectivity index (χ0n) is 12.9. The molecule has 2 aromatic rings. The number of ether oxygens (including phenoxy) is 3. The Morgan fingerprint density at radius 3 is 2.64 bits per heavy atom. The molecule has 2 aromatic carbocycles. The van der Waals surface area contributed by atoms with Crippen molar-refractivity contribution >= 4 is 5.97 Å². The Labute approximate surface area is 129 Å². The minimum absolute atomic E-state index is 0.184. The molecule has 0 saturated heterocycles. The highest BCUT2D eigenvalue weighted by Crippen LogP contribution is 2.33. The van der Waals surface area contributed by atoms with Gasteiger partial charge in [0.25, 0.3) is 0 Å². The van der Waals surface area contributed by atoms with Gasteiger partial charge in [0.1, 0.15) is 5.75 Å². The highest BCUT2D eigenvalue weighted by molar-refractivity contribution is 5.92. The fourth-order valence-electron chi connectivity index (χ4n) is 2.39. The molecule has 4 heteroatoms. The molecule has 0 aliphatic carbocycles. The van der Waals surface area contributed by atoms with Crippen molar-refractivity contribution in [1.82, 2.24) is 0 Å². The van der Waals surface area contributed by atoms with Crippen LogP contribution in [0.25, 0.3) is 0 Å². The van der Waals surface area contributed by atoms with Gasteiger partial charge in [-0.1, -0.05) is 26.0 Å². The van der Waals surface area contributed by atoms with E-state index in [1.165, 1.54) is 0 Å². The average molecular weight is 298 g/mol. The van der Waals surface area contributed by atoms with Crippen LogP contribution in [0.1, 0.15) is 41.3 Å². The number of carbonyl (C=O) groups is 1. The summed E-state index contributed by atoms with van der Waals surface area (Å²) in [5, 5.41) is 0. The van der Waals surface area contributed by atoms with Crippen LogP contribution in [0.3, 0.4) is 0 Å². The maximum Gasteiger partial charge on any atom is 0.343 e. The number of hydrogen-bond acceptors (Lipinski definition) is 4. The lowest BCUT2D eigenvalue weighted by molar-refractivity contribution is 0.0732. The number of carbonyl (C=O) groups excluding carboxylic acids is 1. The Balaban J connectivity index is 1.87. The lowest BCUT2D eigenvalue weighted by atomic mass is 10.0. The molecule has 3 rings (SSSR count). The predicted molar refractivity (Wildman–Crippen MR) is 82.8 cm³/mol. The molecular formula is C18H18O4. The lowest BCUT2D eigenvalue weighted by Gasteiger charge is -2.13. The van der Waals surface area contributed by atoms with Gasteiger partial charge in [0, 0.05) is 0 Å². The fraction of sp³-hybridized carbons (Fsp3) is 0.278. The van der Waals surface area contributed by atoms with Crippen molar-refractivity contribution in [3.8, 4) is 17.2 Å². The van der Waals surface area contributed by atoms with Crippen molar-refractivity contribution in [2.75, 3.05) is 6.79 Å². The first kappa shape index (κ1) is 14.4. The van der Waals surface area contributed by atoms with Crippen LogP contribution < -0.4 is 14.2 Å². The molecule has 0 bridgehead atoms. The normalized spacial score (nSPS) is 12.5. The number of esters is 1. The molecule has 4 nitrogen and oxygen atoms in total. The van der Waals surface area contributed by atoms with E-state index in [-0.39, 0.29) is 12.7 Å². The topological polar surface area (TPSA) is 44.8 Å². The second kappa shape index (κ2) is 5.72. The Morgan fingerprint density at radius 2 is 1.86 bits per heavy atom. The standard InChI is InChI=1S/C18H18O4/c1-11(2)14-6-4-12(3)8-16(14)22-18(19)13-5-7-15-17(9-13)21-10-20-15/h4-9,11H,10H2,1-3H3. The lowest BCUT2D eigenvalue weighted by Crippen LogP contribution is -2.10. The summed E-state index contributed by atoms with van der Waals surface area (Å²) in [5.74, 6) is 1.71. The summed E-state index contributed by atoms with van der Waals surface area (Å²) in [6.07, 6.45) is 0. The minimum Gasteiger partial charge on any atom is -0.454 e. The van der Waals surface area contributed by atoms with Crippen LogP contribution in [0.4, 0.5) is 0 Å². The summed E-state index contributed by atoms with van der Waals surface area (Å²) in [6.45, 7) is 6.30. The van der Waals surface area contributed by atoms with Crippen molar-refractivity contribution in [3.63, 3.8) is 0 Å². The Morgan fingerprint density at radius 1 is 1.09 bits per heavy atom. The van der Waals surface area contributed by atoms with Gasteiger partial charge >= 0.3 is 5.97 Å². The van der Waals surface area contributed by atoms with Crippen molar-refractivity contribution in [3.05, 3.63) is 53.1 Å². The van der Waals surface area contributed by atoms with E-state index in [1.54, 1.807) is 18.2 Å². The molecular weight excluding hydrogens is 280 g/mol. The van der Waals surface area contributed by atoms with E-state index in [4.69, 9.17) is 14.2 Å². The van der Waals surface area contributed by atoms with Gasteiger partial charge in [0.2, 0.25) is 6.79 Å². The highest BCUT2D eigenvalue weighted by Gasteiger charge is 2.18. The van der Waals surface area contributed by atoms with Crippen LogP contribution in [-0.2, 0) is 0 Å². The number of hydrogen-bond donors (Lipinski definition) is 0. The zero-order chi connectivity index (χ0) is 15.7. The van der Waals surface area contributed by atoms with E-state index >= 15 is 0 Å². The first-order valence-corrected chi connectivity index (χ1v) is 7.27. The Kier molecular flexibility index (Phi) is 3.75. The third kappa shape index (κ3) is 2.77. The summed E-state index contributed by atoms with van der Waals surface area (Å²) in [5.41, 5.74) is 2.51. The summed E-state index contributed by atoms with van der Waals surface area (Å²) >= 11 is 0. The molecule has 0 unspecified atom stereocenters. The number of benzene rings is 2. The smallest absolute Gasteiger partial charge is 0.343 e. The molecule has 1 heterocycles. The van der Waals surface area contributed by atoms with Crippen LogP contribution in [0.2, 0.25) is 0 Å². The van der Waals surface area contributed by atoms with Gasteiger partial charge in [0.15, 0.2) is 11.5 Å². The van der Waals surface area contributed by atoms with Crippen molar-refractivity contribution in [1.29, 1.82) is 0 Å². The predicted octanol–water partition coefficient (Wildman–Crippen LogP) is 4.07. The molecule has 0 saturated carbocycles. The molecule has 1 aliphatic rings. The first-order valence-electron chi connectivity index (χ1n) is 7.27. The van der Waals surface area contributed by atoms with Crippen LogP contribution in [-0.4, -0.2) is 12.8 Å². The van der Waals surface area contributed by atoms with Gasteiger partial charge in [0.05, 0.1) is 5.56 Å². The largest absolute Gasteiger partial charge is 0.454 e. The first-order chi connectivity index (χ1) is 10.5. The third-order valence-corrected chi connectivity index (χ3v) is 3.60. The summed E-state index contributed by atoms with van der Waals surface area (Å²) in [7, 11) is 0. The Bertz CT molecular complexity index is 719. The molecule has 0 radical (unpaired) electrons. The number of aryl methyl sites for hydroxylation is 1. The van der Waals surface area contributed by atoms with Crippen LogP contribution in [0, 0.1) is 6.92 Å². The SMILES string of the molecule is Cc1ccc(C(C)C)c(OC(=O)c2ccc3c(c2)OCO3)c1. The second-order valence-electron chi connectivity index (χ2n) is 5.65. The molecule has 22 heavy (non-hydrogen) atoms. The van der Waals surface area contributed by atoms with Gasteiger partial charge in [-0.3, -0.25) is 0 Å². The number of fused-ring (bicyclic) bond motifs is 1. The van der Waals surface area contributed by atoms with Gasteiger partial charge in [-0.05, 0) is 48.2 Å². The molecule has 0 amide bonds. The van der Waals surface area contributed by atoms with Crippen LogP contribution >= 0.6 is 0 Å². The molecule has 0 N–H and O–H groups in total. The fourth-order valence-corrected chi connectivity index (χ4v) is 2.39. The van der Waals surface area contributed by atoms with E-state index in [9.17, 15) is 4.79 Å². The summed E-state index contributed by atoms with van der Waals surface area (Å²) < 4.78 is 16.1. The van der Waals surface area contributed by atoms with E-state index in [1.807, 2.05) is 25.1 Å². The zero-order valence-corrected chi connectivity index (χ0v) is 12.9. The Hall–Kier alpha value is -2.49. The van der Waals surface area contributed by atoms with Gasteiger partial charge in [-0.25, -0.2) is 4.79 Å². The molecule has 0 spiro atoms. The van der Waals surface area contributed by atoms with Gasteiger partial charge in [-0.15, -0.1) is 0 Å². The van der Waals surface area contributed by atoms with E-state index < -0.39 is 5.97 Å². The maximum absolute atomic E-state index is 12.4. The number of rotatable bonds is 3. The third-order valence-electron chi connectivity index (χ3n) is 3.60. The molecule has 114 valence electrons. The summed E-state index contributed by atoms with van der Waals surface area (Å²) in [6, 6.07) is 11.0. The average Bonchev–Trinajstić information content (AvgIpc) is 2.94.